The number of nitrogens with zero attached hydrogens (tertiary/aromatic N) is 3. The minimum Gasteiger partial charge on any atom is -0.381 e. The van der Waals surface area contributed by atoms with E-state index in [9.17, 15) is 9.59 Å². The number of carbonyl (C=O) groups excluding carboxylic acids is 2. The van der Waals surface area contributed by atoms with Gasteiger partial charge in [0.05, 0.1) is 6.04 Å². The molecule has 2 aromatic carbocycles. The number of carbonyl (C=O) groups is 2. The monoisotopic (exact) mass is 468 g/mol. The van der Waals surface area contributed by atoms with Gasteiger partial charge in [0, 0.05) is 29.4 Å². The standard InChI is InChI=1S/C28H28N4O3/c1-28(2)25(33)24(31-35-28)20-12-14-21(15-13-20)27(34)32(22-10-6-16-29-18-22)26-23(11-7-17-30-26)19-8-4-3-5-9-19/h3-5,7-9,11-15,17,22,29H,6,10,16,18H2,1-2H3. The van der Waals surface area contributed by atoms with Crippen molar-refractivity contribution in [3.63, 3.8) is 0 Å². The lowest BCUT2D eigenvalue weighted by Crippen LogP contribution is -2.49. The van der Waals surface area contributed by atoms with Crippen LogP contribution < -0.4 is 10.2 Å². The third-order valence-corrected chi connectivity index (χ3v) is 6.49. The predicted octanol–water partition coefficient (Wildman–Crippen LogP) is 4.23. The molecule has 1 amide bonds. The second-order valence-electron chi connectivity index (χ2n) is 9.36. The Morgan fingerprint density at radius 3 is 2.46 bits per heavy atom. The van der Waals surface area contributed by atoms with Crippen LogP contribution in [-0.4, -0.2) is 47.1 Å². The minimum atomic E-state index is -0.971. The zero-order valence-corrected chi connectivity index (χ0v) is 19.9. The van der Waals surface area contributed by atoms with Crippen LogP contribution in [0.4, 0.5) is 5.82 Å². The number of pyridine rings is 1. The van der Waals surface area contributed by atoms with Crippen molar-refractivity contribution in [1.29, 1.82) is 0 Å². The first-order chi connectivity index (χ1) is 17.0. The van der Waals surface area contributed by atoms with Crippen LogP contribution in [0.15, 0.2) is 78.1 Å². The summed E-state index contributed by atoms with van der Waals surface area (Å²) in [5.74, 6) is 0.344. The van der Waals surface area contributed by atoms with Crippen LogP contribution in [0, 0.1) is 0 Å². The fourth-order valence-corrected chi connectivity index (χ4v) is 4.54. The van der Waals surface area contributed by atoms with Crippen molar-refractivity contribution in [2.75, 3.05) is 18.0 Å². The number of amides is 1. The second kappa shape index (κ2) is 9.43. The van der Waals surface area contributed by atoms with Crippen molar-refractivity contribution >= 4 is 23.2 Å². The Morgan fingerprint density at radius 1 is 1.03 bits per heavy atom. The molecule has 0 radical (unpaired) electrons. The number of hydrogen-bond acceptors (Lipinski definition) is 6. The Bertz CT molecular complexity index is 1260. The molecule has 2 aliphatic heterocycles. The van der Waals surface area contributed by atoms with E-state index in [1.807, 2.05) is 47.4 Å². The highest BCUT2D eigenvalue weighted by atomic mass is 16.7. The average Bonchev–Trinajstić information content (AvgIpc) is 3.18. The zero-order chi connectivity index (χ0) is 24.4. The number of hydrogen-bond donors (Lipinski definition) is 1. The first-order valence-electron chi connectivity index (χ1n) is 11.9. The summed E-state index contributed by atoms with van der Waals surface area (Å²) in [6, 6.07) is 20.9. The molecule has 1 N–H and O–H groups in total. The summed E-state index contributed by atoms with van der Waals surface area (Å²) in [7, 11) is 0. The fourth-order valence-electron chi connectivity index (χ4n) is 4.54. The van der Waals surface area contributed by atoms with Crippen molar-refractivity contribution in [3.05, 3.63) is 84.1 Å². The van der Waals surface area contributed by atoms with E-state index in [2.05, 4.69) is 15.5 Å². The fraction of sp³-hybridized carbons (Fsp3) is 0.286. The Kier molecular flexibility index (Phi) is 6.17. The molecule has 5 rings (SSSR count). The molecule has 0 spiro atoms. The summed E-state index contributed by atoms with van der Waals surface area (Å²) in [5, 5.41) is 7.39. The Balaban J connectivity index is 1.51. The summed E-state index contributed by atoms with van der Waals surface area (Å²) in [6.07, 6.45) is 3.60. The molecule has 0 saturated carbocycles. The van der Waals surface area contributed by atoms with Crippen LogP contribution in [0.1, 0.15) is 42.6 Å². The van der Waals surface area contributed by atoms with Crippen LogP contribution in [0.2, 0.25) is 0 Å². The van der Waals surface area contributed by atoms with E-state index in [1.54, 1.807) is 44.3 Å². The summed E-state index contributed by atoms with van der Waals surface area (Å²) in [5.41, 5.74) is 2.38. The minimum absolute atomic E-state index is 0.0247. The van der Waals surface area contributed by atoms with Crippen molar-refractivity contribution in [1.82, 2.24) is 10.3 Å². The number of benzene rings is 2. The van der Waals surface area contributed by atoms with Gasteiger partial charge >= 0.3 is 0 Å². The molecule has 1 aromatic heterocycles. The van der Waals surface area contributed by atoms with Crippen molar-refractivity contribution in [2.45, 2.75) is 38.3 Å². The molecule has 7 nitrogen and oxygen atoms in total. The Hall–Kier alpha value is -3.84. The molecule has 3 aromatic rings. The molecule has 3 heterocycles. The molecule has 2 aliphatic rings. The van der Waals surface area contributed by atoms with E-state index < -0.39 is 5.60 Å². The maximum Gasteiger partial charge on any atom is 0.259 e. The molecule has 0 bridgehead atoms. The predicted molar refractivity (Wildman–Crippen MR) is 136 cm³/mol. The second-order valence-corrected chi connectivity index (χ2v) is 9.36. The third kappa shape index (κ3) is 4.47. The molecule has 0 aliphatic carbocycles. The SMILES string of the molecule is CC1(C)ON=C(c2ccc(C(=O)N(c3ncccc3-c3ccccc3)C3CCCNC3)cc2)C1=O. The lowest BCUT2D eigenvalue weighted by molar-refractivity contribution is -0.128. The van der Waals surface area contributed by atoms with Gasteiger partial charge in [0.1, 0.15) is 5.82 Å². The van der Waals surface area contributed by atoms with Gasteiger partial charge in [-0.25, -0.2) is 4.98 Å². The lowest BCUT2D eigenvalue weighted by atomic mass is 9.95. The molecule has 1 saturated heterocycles. The molecule has 1 atom stereocenters. The van der Waals surface area contributed by atoms with Crippen molar-refractivity contribution in [3.8, 4) is 11.1 Å². The van der Waals surface area contributed by atoms with Crippen molar-refractivity contribution < 1.29 is 14.4 Å². The van der Waals surface area contributed by atoms with E-state index >= 15 is 0 Å². The average molecular weight is 469 g/mol. The highest BCUT2D eigenvalue weighted by molar-refractivity contribution is 6.49. The number of ketones is 1. The zero-order valence-electron chi connectivity index (χ0n) is 19.9. The topological polar surface area (TPSA) is 83.9 Å². The number of nitrogens with one attached hydrogen (secondary N) is 1. The summed E-state index contributed by atoms with van der Waals surface area (Å²) < 4.78 is 0. The van der Waals surface area contributed by atoms with Crippen molar-refractivity contribution in [2.24, 2.45) is 5.16 Å². The molecular weight excluding hydrogens is 440 g/mol. The maximum absolute atomic E-state index is 14.0. The number of anilines is 1. The van der Waals surface area contributed by atoms with E-state index in [1.165, 1.54) is 0 Å². The molecule has 1 fully saturated rings. The van der Waals surface area contributed by atoms with Gasteiger partial charge in [-0.15, -0.1) is 0 Å². The van der Waals surface area contributed by atoms with Gasteiger partial charge < -0.3 is 10.2 Å². The lowest BCUT2D eigenvalue weighted by Gasteiger charge is -2.35. The highest BCUT2D eigenvalue weighted by Gasteiger charge is 2.40. The van der Waals surface area contributed by atoms with Gasteiger partial charge in [-0.2, -0.15) is 0 Å². The van der Waals surface area contributed by atoms with Gasteiger partial charge in [-0.1, -0.05) is 47.6 Å². The van der Waals surface area contributed by atoms with E-state index in [0.29, 0.717) is 23.5 Å². The van der Waals surface area contributed by atoms with Gasteiger partial charge in [-0.3, -0.25) is 14.5 Å². The third-order valence-electron chi connectivity index (χ3n) is 6.49. The number of rotatable bonds is 5. The molecule has 178 valence electrons. The van der Waals surface area contributed by atoms with Gasteiger partial charge in [0.15, 0.2) is 11.3 Å². The summed E-state index contributed by atoms with van der Waals surface area (Å²) >= 11 is 0. The van der Waals surface area contributed by atoms with Crippen LogP contribution in [0.25, 0.3) is 11.1 Å². The molecule has 7 heteroatoms. The number of Topliss-reactive ketones (excluding diaryl/α,β-unsaturated/α-hetero) is 1. The quantitative estimate of drug-likeness (QED) is 0.606. The number of aromatic nitrogens is 1. The summed E-state index contributed by atoms with van der Waals surface area (Å²) in [4.78, 5) is 38.3. The van der Waals surface area contributed by atoms with Gasteiger partial charge in [0.2, 0.25) is 5.78 Å². The van der Waals surface area contributed by atoms with E-state index in [4.69, 9.17) is 4.84 Å². The first kappa shape index (κ1) is 22.9. The molecule has 35 heavy (non-hydrogen) atoms. The normalized spacial score (nSPS) is 19.1. The first-order valence-corrected chi connectivity index (χ1v) is 11.9. The Labute approximate surface area is 204 Å². The highest BCUT2D eigenvalue weighted by Crippen LogP contribution is 2.32. The van der Waals surface area contributed by atoms with Gasteiger partial charge in [0.25, 0.3) is 5.91 Å². The van der Waals surface area contributed by atoms with E-state index in [-0.39, 0.29) is 23.4 Å². The maximum atomic E-state index is 14.0. The number of oxime groups is 1. The van der Waals surface area contributed by atoms with Crippen LogP contribution >= 0.6 is 0 Å². The van der Waals surface area contributed by atoms with Crippen LogP contribution in [0.3, 0.4) is 0 Å². The summed E-state index contributed by atoms with van der Waals surface area (Å²) in [6.45, 7) is 5.02. The Morgan fingerprint density at radius 2 is 1.80 bits per heavy atom. The number of piperidine rings is 1. The van der Waals surface area contributed by atoms with Crippen LogP contribution in [0.5, 0.6) is 0 Å². The van der Waals surface area contributed by atoms with Gasteiger partial charge in [-0.05, 0) is 63.1 Å². The van der Waals surface area contributed by atoms with E-state index in [0.717, 1.165) is 30.5 Å². The van der Waals surface area contributed by atoms with Crippen LogP contribution in [-0.2, 0) is 9.63 Å². The molecular formula is C28H28N4O3. The smallest absolute Gasteiger partial charge is 0.259 e. The molecule has 1 unspecified atom stereocenters. The largest absolute Gasteiger partial charge is 0.381 e.